The van der Waals surface area contributed by atoms with E-state index in [-0.39, 0.29) is 0 Å². The minimum Gasteiger partial charge on any atom is -0.486 e. The standard InChI is InChI=1S/C16H14BrN3OS/c17-13-7-4-8-14(9-13)21-11-15-18-19-16(22)20(15)10-12-5-2-1-3-6-12/h1-9H,10-11H2,(H,19,22). The fourth-order valence-corrected chi connectivity index (χ4v) is 2.69. The zero-order valence-corrected chi connectivity index (χ0v) is 14.1. The highest BCUT2D eigenvalue weighted by Crippen LogP contribution is 2.18. The van der Waals surface area contributed by atoms with Crippen molar-refractivity contribution in [1.29, 1.82) is 0 Å². The van der Waals surface area contributed by atoms with Gasteiger partial charge in [-0.3, -0.25) is 9.67 Å². The Morgan fingerprint density at radius 2 is 1.95 bits per heavy atom. The molecule has 0 aliphatic heterocycles. The number of hydrogen-bond donors (Lipinski definition) is 1. The Kier molecular flexibility index (Phi) is 4.70. The van der Waals surface area contributed by atoms with Gasteiger partial charge >= 0.3 is 0 Å². The van der Waals surface area contributed by atoms with E-state index in [1.54, 1.807) is 0 Å². The minimum atomic E-state index is 0.358. The van der Waals surface area contributed by atoms with E-state index >= 15 is 0 Å². The van der Waals surface area contributed by atoms with Crippen molar-refractivity contribution >= 4 is 28.1 Å². The molecule has 3 aromatic rings. The van der Waals surface area contributed by atoms with Gasteiger partial charge in [-0.1, -0.05) is 52.3 Å². The number of nitrogens with one attached hydrogen (secondary N) is 1. The third-order valence-electron chi connectivity index (χ3n) is 3.18. The molecule has 0 radical (unpaired) electrons. The number of ether oxygens (including phenoxy) is 1. The van der Waals surface area contributed by atoms with E-state index in [4.69, 9.17) is 17.0 Å². The van der Waals surface area contributed by atoms with Crippen molar-refractivity contribution in [3.05, 3.63) is 75.2 Å². The molecule has 0 atom stereocenters. The Hall–Kier alpha value is -1.92. The fraction of sp³-hybridized carbons (Fsp3) is 0.125. The average Bonchev–Trinajstić information content (AvgIpc) is 2.87. The molecule has 6 heteroatoms. The van der Waals surface area contributed by atoms with Crippen molar-refractivity contribution in [3.63, 3.8) is 0 Å². The van der Waals surface area contributed by atoms with Gasteiger partial charge in [0.2, 0.25) is 0 Å². The summed E-state index contributed by atoms with van der Waals surface area (Å²) < 4.78 is 9.31. The Morgan fingerprint density at radius 1 is 1.14 bits per heavy atom. The van der Waals surface area contributed by atoms with Gasteiger partial charge in [0.05, 0.1) is 6.54 Å². The maximum Gasteiger partial charge on any atom is 0.195 e. The lowest BCUT2D eigenvalue weighted by Crippen LogP contribution is -2.08. The number of benzene rings is 2. The predicted molar refractivity (Wildman–Crippen MR) is 91.4 cm³/mol. The molecule has 2 aromatic carbocycles. The van der Waals surface area contributed by atoms with Crippen molar-refractivity contribution in [2.24, 2.45) is 0 Å². The van der Waals surface area contributed by atoms with E-state index in [1.807, 2.05) is 47.0 Å². The van der Waals surface area contributed by atoms with Crippen LogP contribution in [0.4, 0.5) is 0 Å². The van der Waals surface area contributed by atoms with Gasteiger partial charge in [0.25, 0.3) is 0 Å². The number of nitrogens with zero attached hydrogens (tertiary/aromatic N) is 2. The maximum atomic E-state index is 5.78. The zero-order chi connectivity index (χ0) is 15.4. The summed E-state index contributed by atoms with van der Waals surface area (Å²) in [5, 5.41) is 7.09. The summed E-state index contributed by atoms with van der Waals surface area (Å²) >= 11 is 8.73. The van der Waals surface area contributed by atoms with Crippen LogP contribution in [0, 0.1) is 4.77 Å². The van der Waals surface area contributed by atoms with E-state index in [1.165, 1.54) is 5.56 Å². The lowest BCUT2D eigenvalue weighted by molar-refractivity contribution is 0.289. The van der Waals surface area contributed by atoms with Crippen molar-refractivity contribution in [3.8, 4) is 5.75 Å². The molecule has 112 valence electrons. The van der Waals surface area contributed by atoms with Crippen LogP contribution in [0.2, 0.25) is 0 Å². The van der Waals surface area contributed by atoms with Crippen molar-refractivity contribution in [2.75, 3.05) is 0 Å². The molecule has 0 fully saturated rings. The molecule has 0 amide bonds. The van der Waals surface area contributed by atoms with Gasteiger partial charge in [-0.15, -0.1) is 0 Å². The second-order valence-corrected chi connectivity index (χ2v) is 6.07. The van der Waals surface area contributed by atoms with Gasteiger partial charge in [0.1, 0.15) is 12.4 Å². The molecule has 0 aliphatic rings. The molecule has 0 unspecified atom stereocenters. The number of H-pyrrole nitrogens is 1. The molecular weight excluding hydrogens is 362 g/mol. The Bertz CT molecular complexity index is 814. The topological polar surface area (TPSA) is 42.8 Å². The Labute approximate surface area is 141 Å². The number of rotatable bonds is 5. The summed E-state index contributed by atoms with van der Waals surface area (Å²) in [5.41, 5.74) is 1.17. The molecule has 1 aromatic heterocycles. The first-order valence-corrected chi connectivity index (χ1v) is 7.99. The van der Waals surface area contributed by atoms with Crippen molar-refractivity contribution < 1.29 is 4.74 Å². The van der Waals surface area contributed by atoms with E-state index in [2.05, 4.69) is 38.3 Å². The van der Waals surface area contributed by atoms with E-state index in [0.717, 1.165) is 16.0 Å². The smallest absolute Gasteiger partial charge is 0.195 e. The van der Waals surface area contributed by atoms with Gasteiger partial charge in [-0.05, 0) is 36.0 Å². The first-order chi connectivity index (χ1) is 10.7. The maximum absolute atomic E-state index is 5.78. The Balaban J connectivity index is 1.76. The second kappa shape index (κ2) is 6.89. The summed E-state index contributed by atoms with van der Waals surface area (Å²) in [6, 6.07) is 17.9. The molecule has 0 saturated carbocycles. The van der Waals surface area contributed by atoms with Gasteiger partial charge < -0.3 is 4.74 Å². The largest absolute Gasteiger partial charge is 0.486 e. The molecule has 1 heterocycles. The van der Waals surface area contributed by atoms with Crippen LogP contribution >= 0.6 is 28.1 Å². The molecule has 3 rings (SSSR count). The van der Waals surface area contributed by atoms with Gasteiger partial charge in [-0.2, -0.15) is 5.10 Å². The zero-order valence-electron chi connectivity index (χ0n) is 11.7. The predicted octanol–water partition coefficient (Wildman–Crippen LogP) is 4.33. The third kappa shape index (κ3) is 3.64. The van der Waals surface area contributed by atoms with Gasteiger partial charge in [-0.25, -0.2) is 0 Å². The molecular formula is C16H14BrN3OS. The summed E-state index contributed by atoms with van der Waals surface area (Å²) in [6.07, 6.45) is 0. The van der Waals surface area contributed by atoms with Gasteiger partial charge in [0.15, 0.2) is 10.6 Å². The summed E-state index contributed by atoms with van der Waals surface area (Å²) in [7, 11) is 0. The minimum absolute atomic E-state index is 0.358. The summed E-state index contributed by atoms with van der Waals surface area (Å²) in [5.74, 6) is 1.56. The van der Waals surface area contributed by atoms with Crippen LogP contribution in [-0.2, 0) is 13.2 Å². The molecule has 4 nitrogen and oxygen atoms in total. The monoisotopic (exact) mass is 375 g/mol. The molecule has 22 heavy (non-hydrogen) atoms. The molecule has 1 N–H and O–H groups in total. The molecule has 0 bridgehead atoms. The quantitative estimate of drug-likeness (QED) is 0.674. The first kappa shape index (κ1) is 15.0. The normalized spacial score (nSPS) is 10.6. The highest BCUT2D eigenvalue weighted by Gasteiger charge is 2.08. The fourth-order valence-electron chi connectivity index (χ4n) is 2.09. The van der Waals surface area contributed by atoms with Crippen LogP contribution < -0.4 is 4.74 Å². The second-order valence-electron chi connectivity index (χ2n) is 4.76. The molecule has 0 spiro atoms. The lowest BCUT2D eigenvalue weighted by Gasteiger charge is -2.09. The molecule has 0 aliphatic carbocycles. The van der Waals surface area contributed by atoms with Crippen LogP contribution in [0.15, 0.2) is 59.1 Å². The number of aromatic nitrogens is 3. The van der Waals surface area contributed by atoms with Crippen LogP contribution in [0.5, 0.6) is 5.75 Å². The number of hydrogen-bond acceptors (Lipinski definition) is 3. The number of halogens is 1. The van der Waals surface area contributed by atoms with Crippen LogP contribution in [0.3, 0.4) is 0 Å². The van der Waals surface area contributed by atoms with Crippen molar-refractivity contribution in [2.45, 2.75) is 13.2 Å². The highest BCUT2D eigenvalue weighted by molar-refractivity contribution is 9.10. The summed E-state index contributed by atoms with van der Waals surface area (Å²) in [4.78, 5) is 0. The van der Waals surface area contributed by atoms with Gasteiger partial charge in [0, 0.05) is 4.47 Å². The van der Waals surface area contributed by atoms with Crippen LogP contribution in [-0.4, -0.2) is 14.8 Å². The van der Waals surface area contributed by atoms with E-state index in [9.17, 15) is 0 Å². The molecule has 0 saturated heterocycles. The van der Waals surface area contributed by atoms with E-state index < -0.39 is 0 Å². The Morgan fingerprint density at radius 3 is 2.73 bits per heavy atom. The van der Waals surface area contributed by atoms with E-state index in [0.29, 0.717) is 17.9 Å². The van der Waals surface area contributed by atoms with Crippen LogP contribution in [0.1, 0.15) is 11.4 Å². The summed E-state index contributed by atoms with van der Waals surface area (Å²) in [6.45, 7) is 1.03. The number of aromatic amines is 1. The highest BCUT2D eigenvalue weighted by atomic mass is 79.9. The first-order valence-electron chi connectivity index (χ1n) is 6.79. The third-order valence-corrected chi connectivity index (χ3v) is 3.99. The lowest BCUT2D eigenvalue weighted by atomic mass is 10.2. The average molecular weight is 376 g/mol. The SMILES string of the molecule is S=c1[nH]nc(COc2cccc(Br)c2)n1Cc1ccccc1. The van der Waals surface area contributed by atoms with Crippen LogP contribution in [0.25, 0.3) is 0 Å². The van der Waals surface area contributed by atoms with Crippen molar-refractivity contribution in [1.82, 2.24) is 14.8 Å².